The minimum absolute atomic E-state index is 0.109. The van der Waals surface area contributed by atoms with Gasteiger partial charge < -0.3 is 10.1 Å². The summed E-state index contributed by atoms with van der Waals surface area (Å²) in [5, 5.41) is 2.48. The van der Waals surface area contributed by atoms with Crippen LogP contribution >= 0.6 is 11.8 Å². The molecule has 5 heteroatoms. The van der Waals surface area contributed by atoms with Gasteiger partial charge in [0.2, 0.25) is 0 Å². The zero-order valence-electron chi connectivity index (χ0n) is 9.86. The molecule has 0 fully saturated rings. The first kappa shape index (κ1) is 13.6. The molecule has 0 unspecified atom stereocenters. The van der Waals surface area contributed by atoms with Crippen LogP contribution in [0.3, 0.4) is 0 Å². The summed E-state index contributed by atoms with van der Waals surface area (Å²) in [6, 6.07) is 7.31. The first-order chi connectivity index (χ1) is 8.17. The Morgan fingerprint density at radius 3 is 2.47 bits per heavy atom. The summed E-state index contributed by atoms with van der Waals surface area (Å²) < 4.78 is 4.43. The average Bonchev–Trinajstić information content (AvgIpc) is 2.36. The number of carbonyl (C=O) groups is 2. The predicted molar refractivity (Wildman–Crippen MR) is 68.0 cm³/mol. The summed E-state index contributed by atoms with van der Waals surface area (Å²) in [5.41, 5.74) is 1.71. The van der Waals surface area contributed by atoms with Gasteiger partial charge in [-0.15, -0.1) is 0 Å². The van der Waals surface area contributed by atoms with E-state index in [1.54, 1.807) is 23.9 Å². The zero-order valence-corrected chi connectivity index (χ0v) is 10.7. The smallest absolute Gasteiger partial charge is 0.325 e. The second-order valence-corrected chi connectivity index (χ2v) is 4.25. The number of benzene rings is 1. The van der Waals surface area contributed by atoms with E-state index in [4.69, 9.17) is 0 Å². The highest BCUT2D eigenvalue weighted by Gasteiger charge is 2.07. The SMILES string of the molecule is COC(=O)CNC(=O)c1ccc(CSC)cc1. The van der Waals surface area contributed by atoms with Gasteiger partial charge >= 0.3 is 5.97 Å². The number of hydrogen-bond donors (Lipinski definition) is 1. The molecule has 0 aliphatic carbocycles. The molecule has 0 heterocycles. The van der Waals surface area contributed by atoms with Crippen LogP contribution < -0.4 is 5.32 Å². The van der Waals surface area contributed by atoms with E-state index in [1.165, 1.54) is 12.7 Å². The van der Waals surface area contributed by atoms with Crippen LogP contribution in [0.25, 0.3) is 0 Å². The monoisotopic (exact) mass is 253 g/mol. The molecule has 1 N–H and O–H groups in total. The van der Waals surface area contributed by atoms with Crippen molar-refractivity contribution in [2.24, 2.45) is 0 Å². The highest BCUT2D eigenvalue weighted by atomic mass is 32.2. The lowest BCUT2D eigenvalue weighted by Gasteiger charge is -2.04. The number of hydrogen-bond acceptors (Lipinski definition) is 4. The van der Waals surface area contributed by atoms with Gasteiger partial charge in [0.05, 0.1) is 7.11 Å². The van der Waals surface area contributed by atoms with Crippen LogP contribution in [0.15, 0.2) is 24.3 Å². The standard InChI is InChI=1S/C12H15NO3S/c1-16-11(14)7-13-12(15)10-5-3-9(4-6-10)8-17-2/h3-6H,7-8H2,1-2H3,(H,13,15). The fourth-order valence-corrected chi connectivity index (χ4v) is 1.77. The Morgan fingerprint density at radius 1 is 1.29 bits per heavy atom. The number of thioether (sulfide) groups is 1. The molecule has 1 aromatic carbocycles. The van der Waals surface area contributed by atoms with E-state index < -0.39 is 5.97 Å². The largest absolute Gasteiger partial charge is 0.468 e. The van der Waals surface area contributed by atoms with Crippen LogP contribution in [-0.4, -0.2) is 31.8 Å². The minimum atomic E-state index is -0.461. The van der Waals surface area contributed by atoms with E-state index in [2.05, 4.69) is 10.1 Å². The third kappa shape index (κ3) is 4.48. The van der Waals surface area contributed by atoms with Crippen LogP contribution in [0.4, 0.5) is 0 Å². The van der Waals surface area contributed by atoms with Gasteiger partial charge in [-0.3, -0.25) is 9.59 Å². The summed E-state index contributed by atoms with van der Waals surface area (Å²) >= 11 is 1.72. The first-order valence-electron chi connectivity index (χ1n) is 5.10. The third-order valence-electron chi connectivity index (χ3n) is 2.15. The fourth-order valence-electron chi connectivity index (χ4n) is 1.25. The maximum atomic E-state index is 11.6. The maximum Gasteiger partial charge on any atom is 0.325 e. The van der Waals surface area contributed by atoms with Gasteiger partial charge in [0.25, 0.3) is 5.91 Å². The molecule has 0 bridgehead atoms. The number of carbonyl (C=O) groups excluding carboxylic acids is 2. The molecule has 92 valence electrons. The molecular formula is C12H15NO3S. The quantitative estimate of drug-likeness (QED) is 0.807. The van der Waals surface area contributed by atoms with Crippen LogP contribution in [0.2, 0.25) is 0 Å². The van der Waals surface area contributed by atoms with Gasteiger partial charge in [-0.2, -0.15) is 11.8 Å². The van der Waals surface area contributed by atoms with Gasteiger partial charge in [0.1, 0.15) is 6.54 Å². The van der Waals surface area contributed by atoms with Crippen LogP contribution in [-0.2, 0) is 15.3 Å². The molecule has 0 saturated carbocycles. The second kappa shape index (κ2) is 6.96. The predicted octanol–water partition coefficient (Wildman–Crippen LogP) is 1.45. The van der Waals surface area contributed by atoms with Crippen LogP contribution in [0.1, 0.15) is 15.9 Å². The average molecular weight is 253 g/mol. The van der Waals surface area contributed by atoms with E-state index in [9.17, 15) is 9.59 Å². The van der Waals surface area contributed by atoms with Crippen molar-refractivity contribution in [3.05, 3.63) is 35.4 Å². The minimum Gasteiger partial charge on any atom is -0.468 e. The van der Waals surface area contributed by atoms with Crippen molar-refractivity contribution in [2.45, 2.75) is 5.75 Å². The molecule has 0 aromatic heterocycles. The normalized spacial score (nSPS) is 9.76. The fraction of sp³-hybridized carbons (Fsp3) is 0.333. The summed E-state index contributed by atoms with van der Waals surface area (Å²) in [6.07, 6.45) is 2.02. The van der Waals surface area contributed by atoms with Crippen molar-refractivity contribution in [1.82, 2.24) is 5.32 Å². The zero-order chi connectivity index (χ0) is 12.7. The Balaban J connectivity index is 2.54. The molecule has 0 aliphatic rings. The highest BCUT2D eigenvalue weighted by molar-refractivity contribution is 7.97. The van der Waals surface area contributed by atoms with E-state index >= 15 is 0 Å². The molecule has 4 nitrogen and oxygen atoms in total. The number of rotatable bonds is 5. The lowest BCUT2D eigenvalue weighted by molar-refractivity contribution is -0.139. The summed E-state index contributed by atoms with van der Waals surface area (Å²) in [7, 11) is 1.28. The molecular weight excluding hydrogens is 238 g/mol. The molecule has 0 saturated heterocycles. The molecule has 0 spiro atoms. The molecule has 0 atom stereocenters. The molecule has 0 aliphatic heterocycles. The molecule has 17 heavy (non-hydrogen) atoms. The number of ether oxygens (including phenoxy) is 1. The van der Waals surface area contributed by atoms with Crippen molar-refractivity contribution in [3.8, 4) is 0 Å². The number of esters is 1. The summed E-state index contributed by atoms with van der Waals surface area (Å²) in [5.74, 6) is 0.188. The lowest BCUT2D eigenvalue weighted by atomic mass is 10.1. The molecule has 1 aromatic rings. The first-order valence-corrected chi connectivity index (χ1v) is 6.49. The Hall–Kier alpha value is -1.49. The number of methoxy groups -OCH3 is 1. The number of nitrogens with one attached hydrogen (secondary N) is 1. The Bertz CT molecular complexity index is 389. The van der Waals surface area contributed by atoms with Crippen molar-refractivity contribution in [3.63, 3.8) is 0 Å². The van der Waals surface area contributed by atoms with Gasteiger partial charge in [-0.25, -0.2) is 0 Å². The lowest BCUT2D eigenvalue weighted by Crippen LogP contribution is -2.30. The molecule has 1 amide bonds. The van der Waals surface area contributed by atoms with Gasteiger partial charge in [-0.05, 0) is 24.0 Å². The Labute approximate surface area is 105 Å². The Kier molecular flexibility index (Phi) is 5.56. The van der Waals surface area contributed by atoms with E-state index in [-0.39, 0.29) is 12.5 Å². The summed E-state index contributed by atoms with van der Waals surface area (Å²) in [4.78, 5) is 22.5. The van der Waals surface area contributed by atoms with E-state index in [0.29, 0.717) is 5.56 Å². The van der Waals surface area contributed by atoms with Crippen molar-refractivity contribution in [2.75, 3.05) is 19.9 Å². The molecule has 0 radical (unpaired) electrons. The van der Waals surface area contributed by atoms with Gasteiger partial charge in [-0.1, -0.05) is 12.1 Å². The third-order valence-corrected chi connectivity index (χ3v) is 2.77. The second-order valence-electron chi connectivity index (χ2n) is 3.39. The van der Waals surface area contributed by atoms with Crippen molar-refractivity contribution < 1.29 is 14.3 Å². The van der Waals surface area contributed by atoms with Crippen molar-refractivity contribution in [1.29, 1.82) is 0 Å². The number of amides is 1. The van der Waals surface area contributed by atoms with Gasteiger partial charge in [0, 0.05) is 11.3 Å². The summed E-state index contributed by atoms with van der Waals surface area (Å²) in [6.45, 7) is -0.109. The Morgan fingerprint density at radius 2 is 1.94 bits per heavy atom. The van der Waals surface area contributed by atoms with E-state index in [1.807, 2.05) is 18.4 Å². The van der Waals surface area contributed by atoms with Crippen LogP contribution in [0.5, 0.6) is 0 Å². The van der Waals surface area contributed by atoms with Crippen LogP contribution in [0, 0.1) is 0 Å². The van der Waals surface area contributed by atoms with Gasteiger partial charge in [0.15, 0.2) is 0 Å². The van der Waals surface area contributed by atoms with Crippen molar-refractivity contribution >= 4 is 23.6 Å². The topological polar surface area (TPSA) is 55.4 Å². The highest BCUT2D eigenvalue weighted by Crippen LogP contribution is 2.10. The van der Waals surface area contributed by atoms with E-state index in [0.717, 1.165) is 5.75 Å². The molecule has 1 rings (SSSR count). The maximum absolute atomic E-state index is 11.6.